The van der Waals surface area contributed by atoms with Gasteiger partial charge < -0.3 is 9.88 Å². The molecule has 132 valence electrons. The maximum absolute atomic E-state index is 12.4. The Morgan fingerprint density at radius 1 is 1.23 bits per heavy atom. The monoisotopic (exact) mass is 349 g/mol. The van der Waals surface area contributed by atoms with E-state index in [-0.39, 0.29) is 5.91 Å². The summed E-state index contributed by atoms with van der Waals surface area (Å²) >= 11 is 0. The molecule has 0 aliphatic rings. The molecule has 0 saturated heterocycles. The number of rotatable bonds is 5. The first-order valence-electron chi connectivity index (χ1n) is 8.54. The van der Waals surface area contributed by atoms with Crippen LogP contribution in [0.3, 0.4) is 0 Å². The number of nitrogens with one attached hydrogen (secondary N) is 1. The third kappa shape index (κ3) is 2.90. The Hall–Kier alpha value is -3.29. The molecule has 0 aliphatic carbocycles. The van der Waals surface area contributed by atoms with E-state index >= 15 is 0 Å². The van der Waals surface area contributed by atoms with E-state index < -0.39 is 0 Å². The van der Waals surface area contributed by atoms with Crippen LogP contribution in [0.25, 0.3) is 16.7 Å². The second-order valence-corrected chi connectivity index (χ2v) is 6.42. The van der Waals surface area contributed by atoms with Gasteiger partial charge in [0.15, 0.2) is 5.65 Å². The number of carbonyl (C=O) groups is 1. The number of amides is 1. The number of pyridine rings is 1. The predicted molar refractivity (Wildman–Crippen MR) is 96.9 cm³/mol. The van der Waals surface area contributed by atoms with E-state index in [0.29, 0.717) is 30.2 Å². The van der Waals surface area contributed by atoms with E-state index in [1.54, 1.807) is 18.3 Å². The van der Waals surface area contributed by atoms with Gasteiger partial charge in [-0.05, 0) is 34.7 Å². The second-order valence-electron chi connectivity index (χ2n) is 6.42. The maximum Gasteiger partial charge on any atom is 0.251 e. The van der Waals surface area contributed by atoms with Crippen molar-refractivity contribution in [3.63, 3.8) is 0 Å². The number of fused-ring (bicyclic) bond motifs is 2. The highest BCUT2D eigenvalue weighted by atomic mass is 16.1. The summed E-state index contributed by atoms with van der Waals surface area (Å²) in [6, 6.07) is 11.4. The van der Waals surface area contributed by atoms with Crippen molar-refractivity contribution < 1.29 is 4.79 Å². The number of carbonyl (C=O) groups excluding carboxylic acids is 1. The molecule has 8 nitrogen and oxygen atoms in total. The highest BCUT2D eigenvalue weighted by Crippen LogP contribution is 2.21. The highest BCUT2D eigenvalue weighted by molar-refractivity contribution is 5.94. The quantitative estimate of drug-likeness (QED) is 0.595. The largest absolute Gasteiger partial charge is 0.350 e. The van der Waals surface area contributed by atoms with Gasteiger partial charge in [-0.2, -0.15) is 0 Å². The van der Waals surface area contributed by atoms with Gasteiger partial charge in [-0.25, -0.2) is 9.50 Å². The Kier molecular flexibility index (Phi) is 4.08. The van der Waals surface area contributed by atoms with E-state index in [9.17, 15) is 4.79 Å². The molecular weight excluding hydrogens is 330 g/mol. The SMILES string of the molecule is CC(C)c1nc2ccccc2n1CCNC(=O)c1ccn2nnnc2c1. The van der Waals surface area contributed by atoms with Gasteiger partial charge in [0.2, 0.25) is 0 Å². The molecule has 8 heteroatoms. The normalized spacial score (nSPS) is 11.5. The average Bonchev–Trinajstić information content (AvgIpc) is 3.25. The number of aromatic nitrogens is 6. The van der Waals surface area contributed by atoms with Crippen LogP contribution in [-0.2, 0) is 6.54 Å². The molecule has 0 aliphatic heterocycles. The molecule has 0 bridgehead atoms. The molecule has 1 aromatic carbocycles. The predicted octanol–water partition coefficient (Wildman–Crippen LogP) is 2.03. The maximum atomic E-state index is 12.4. The summed E-state index contributed by atoms with van der Waals surface area (Å²) in [5.41, 5.74) is 3.14. The fourth-order valence-electron chi connectivity index (χ4n) is 3.03. The van der Waals surface area contributed by atoms with Crippen LogP contribution in [0.5, 0.6) is 0 Å². The van der Waals surface area contributed by atoms with Gasteiger partial charge in [0, 0.05) is 30.8 Å². The minimum atomic E-state index is -0.147. The van der Waals surface area contributed by atoms with Crippen LogP contribution in [0, 0.1) is 0 Å². The molecule has 26 heavy (non-hydrogen) atoms. The van der Waals surface area contributed by atoms with Gasteiger partial charge in [0.25, 0.3) is 5.91 Å². The molecular formula is C18H19N7O. The number of hydrogen-bond donors (Lipinski definition) is 1. The second kappa shape index (κ2) is 6.55. The van der Waals surface area contributed by atoms with Crippen molar-refractivity contribution in [2.24, 2.45) is 0 Å². The summed E-state index contributed by atoms with van der Waals surface area (Å²) in [5.74, 6) is 1.18. The number of imidazole rings is 1. The molecule has 4 aromatic rings. The van der Waals surface area contributed by atoms with E-state index in [1.807, 2.05) is 18.2 Å². The molecule has 0 fully saturated rings. The molecule has 4 rings (SSSR count). The third-order valence-electron chi connectivity index (χ3n) is 4.28. The molecule has 0 saturated carbocycles. The molecule has 0 unspecified atom stereocenters. The number of benzene rings is 1. The first-order valence-corrected chi connectivity index (χ1v) is 8.54. The lowest BCUT2D eigenvalue weighted by Crippen LogP contribution is -2.27. The van der Waals surface area contributed by atoms with Crippen LogP contribution in [0.1, 0.15) is 35.9 Å². The zero-order chi connectivity index (χ0) is 18.1. The van der Waals surface area contributed by atoms with Crippen LogP contribution in [0.2, 0.25) is 0 Å². The Morgan fingerprint density at radius 2 is 2.08 bits per heavy atom. The summed E-state index contributed by atoms with van der Waals surface area (Å²) < 4.78 is 3.69. The number of tetrazole rings is 1. The van der Waals surface area contributed by atoms with Gasteiger partial charge in [0.1, 0.15) is 5.82 Å². The topological polar surface area (TPSA) is 90.0 Å². The summed E-state index contributed by atoms with van der Waals surface area (Å²) in [7, 11) is 0. The van der Waals surface area contributed by atoms with Crippen molar-refractivity contribution >= 4 is 22.6 Å². The van der Waals surface area contributed by atoms with E-state index in [1.165, 1.54) is 4.52 Å². The molecule has 1 N–H and O–H groups in total. The molecule has 0 spiro atoms. The van der Waals surface area contributed by atoms with Gasteiger partial charge in [-0.3, -0.25) is 4.79 Å². The lowest BCUT2D eigenvalue weighted by atomic mass is 10.2. The average molecular weight is 349 g/mol. The Bertz CT molecular complexity index is 1080. The van der Waals surface area contributed by atoms with Gasteiger partial charge in [-0.15, -0.1) is 5.10 Å². The van der Waals surface area contributed by atoms with Crippen molar-refractivity contribution in [3.8, 4) is 0 Å². The van der Waals surface area contributed by atoms with Crippen LogP contribution in [-0.4, -0.2) is 42.0 Å². The Morgan fingerprint density at radius 3 is 2.92 bits per heavy atom. The lowest BCUT2D eigenvalue weighted by Gasteiger charge is -2.12. The molecule has 0 atom stereocenters. The number of nitrogens with zero attached hydrogens (tertiary/aromatic N) is 6. The zero-order valence-corrected chi connectivity index (χ0v) is 14.6. The Balaban J connectivity index is 1.49. The van der Waals surface area contributed by atoms with Crippen LogP contribution in [0.4, 0.5) is 0 Å². The summed E-state index contributed by atoms with van der Waals surface area (Å²) in [6.45, 7) is 5.42. The van der Waals surface area contributed by atoms with Gasteiger partial charge in [0.05, 0.1) is 11.0 Å². The van der Waals surface area contributed by atoms with Gasteiger partial charge >= 0.3 is 0 Å². The number of para-hydroxylation sites is 2. The summed E-state index contributed by atoms with van der Waals surface area (Å²) in [6.07, 6.45) is 1.67. The van der Waals surface area contributed by atoms with E-state index in [0.717, 1.165) is 16.9 Å². The molecule has 1 amide bonds. The Labute approximate surface area is 149 Å². The highest BCUT2D eigenvalue weighted by Gasteiger charge is 2.14. The van der Waals surface area contributed by atoms with Crippen molar-refractivity contribution in [1.29, 1.82) is 0 Å². The smallest absolute Gasteiger partial charge is 0.251 e. The molecule has 0 radical (unpaired) electrons. The van der Waals surface area contributed by atoms with Crippen LogP contribution < -0.4 is 5.32 Å². The molecule has 3 heterocycles. The number of hydrogen-bond acceptors (Lipinski definition) is 5. The van der Waals surface area contributed by atoms with Crippen LogP contribution in [0.15, 0.2) is 42.6 Å². The van der Waals surface area contributed by atoms with Crippen molar-refractivity contribution in [2.75, 3.05) is 6.54 Å². The molecule has 3 aromatic heterocycles. The lowest BCUT2D eigenvalue weighted by molar-refractivity contribution is 0.0952. The minimum Gasteiger partial charge on any atom is -0.350 e. The standard InChI is InChI=1S/C18H19N7O/c1-12(2)17-20-14-5-3-4-6-15(14)24(17)10-8-19-18(26)13-7-9-25-16(11-13)21-22-23-25/h3-7,9,11-12H,8,10H2,1-2H3,(H,19,26). The van der Waals surface area contributed by atoms with Gasteiger partial charge in [-0.1, -0.05) is 26.0 Å². The fraction of sp³-hybridized carbons (Fsp3) is 0.278. The van der Waals surface area contributed by atoms with E-state index in [2.05, 4.69) is 45.3 Å². The fourth-order valence-corrected chi connectivity index (χ4v) is 3.03. The summed E-state index contributed by atoms with van der Waals surface area (Å²) in [5, 5.41) is 14.2. The van der Waals surface area contributed by atoms with E-state index in [4.69, 9.17) is 4.98 Å². The van der Waals surface area contributed by atoms with Crippen molar-refractivity contribution in [2.45, 2.75) is 26.3 Å². The zero-order valence-electron chi connectivity index (χ0n) is 14.6. The summed E-state index contributed by atoms with van der Waals surface area (Å²) in [4.78, 5) is 17.1. The van der Waals surface area contributed by atoms with Crippen molar-refractivity contribution in [3.05, 3.63) is 54.0 Å². The first kappa shape index (κ1) is 16.2. The minimum absolute atomic E-state index is 0.147. The third-order valence-corrected chi connectivity index (χ3v) is 4.28. The van der Waals surface area contributed by atoms with Crippen LogP contribution >= 0.6 is 0 Å². The van der Waals surface area contributed by atoms with Crippen molar-refractivity contribution in [1.82, 2.24) is 34.9 Å². The first-order chi connectivity index (χ1) is 12.6.